The normalized spacial score (nSPS) is 19.2. The summed E-state index contributed by atoms with van der Waals surface area (Å²) in [6, 6.07) is 9.16. The Morgan fingerprint density at radius 2 is 1.71 bits per heavy atom. The van der Waals surface area contributed by atoms with E-state index in [-0.39, 0.29) is 0 Å². The van der Waals surface area contributed by atoms with Gasteiger partial charge in [0.1, 0.15) is 12.4 Å². The Hall–Kier alpha value is -1.26. The average Bonchev–Trinajstić information content (AvgIpc) is 3.36. The lowest BCUT2D eigenvalue weighted by atomic mass is 10.1. The molecule has 0 aromatic heterocycles. The fraction of sp³-hybridized carbons (Fsp3) is 0.700. The number of benzene rings is 1. The summed E-state index contributed by atoms with van der Waals surface area (Å²) in [7, 11) is 1.69. The molecule has 1 aromatic carbocycles. The summed E-state index contributed by atoms with van der Waals surface area (Å²) in [5.74, 6) is 0.919. The molecule has 136 valence electrons. The van der Waals surface area contributed by atoms with Crippen molar-refractivity contribution < 1.29 is 9.47 Å². The molecule has 2 fully saturated rings. The summed E-state index contributed by atoms with van der Waals surface area (Å²) >= 11 is 0. The molecule has 0 amide bonds. The van der Waals surface area contributed by atoms with Crippen LogP contribution in [0.3, 0.4) is 0 Å². The standard InChI is InChI=1S/C18H28N2O2.C2H6/c1-15(2)20-11-10-19(14-18(20)8-9-18)16-4-6-17(7-5-16)22-13-12-21-3;1-2/h4-7,15H,8-14H2,1-3H3;1-2H3. The Morgan fingerprint density at radius 1 is 1.04 bits per heavy atom. The summed E-state index contributed by atoms with van der Waals surface area (Å²) in [6.45, 7) is 13.3. The molecule has 1 saturated heterocycles. The van der Waals surface area contributed by atoms with Crippen LogP contribution in [0.5, 0.6) is 5.75 Å². The number of rotatable bonds is 6. The van der Waals surface area contributed by atoms with Crippen molar-refractivity contribution in [3.8, 4) is 5.75 Å². The zero-order valence-electron chi connectivity index (χ0n) is 16.0. The molecule has 1 heterocycles. The minimum Gasteiger partial charge on any atom is -0.491 e. The molecule has 0 N–H and O–H groups in total. The van der Waals surface area contributed by atoms with Gasteiger partial charge in [-0.2, -0.15) is 0 Å². The van der Waals surface area contributed by atoms with E-state index >= 15 is 0 Å². The smallest absolute Gasteiger partial charge is 0.119 e. The van der Waals surface area contributed by atoms with Crippen LogP contribution < -0.4 is 9.64 Å². The van der Waals surface area contributed by atoms with Gasteiger partial charge in [0.2, 0.25) is 0 Å². The van der Waals surface area contributed by atoms with Gasteiger partial charge < -0.3 is 14.4 Å². The van der Waals surface area contributed by atoms with Crippen LogP contribution in [0.4, 0.5) is 5.69 Å². The second-order valence-corrected chi connectivity index (χ2v) is 6.77. The summed E-state index contributed by atoms with van der Waals surface area (Å²) in [5, 5.41) is 0. The van der Waals surface area contributed by atoms with Crippen molar-refractivity contribution in [2.45, 2.75) is 52.1 Å². The largest absolute Gasteiger partial charge is 0.491 e. The first-order valence-corrected chi connectivity index (χ1v) is 9.38. The van der Waals surface area contributed by atoms with E-state index in [0.29, 0.717) is 24.8 Å². The third kappa shape index (κ3) is 4.42. The van der Waals surface area contributed by atoms with Crippen molar-refractivity contribution in [1.82, 2.24) is 4.90 Å². The first kappa shape index (κ1) is 19.1. The van der Waals surface area contributed by atoms with Crippen molar-refractivity contribution >= 4 is 5.69 Å². The van der Waals surface area contributed by atoms with Gasteiger partial charge in [0.15, 0.2) is 0 Å². The summed E-state index contributed by atoms with van der Waals surface area (Å²) in [5.41, 5.74) is 1.76. The molecule has 3 rings (SSSR count). The number of hydrogen-bond acceptors (Lipinski definition) is 4. The van der Waals surface area contributed by atoms with Gasteiger partial charge in [-0.1, -0.05) is 13.8 Å². The second kappa shape index (κ2) is 8.72. The predicted octanol–water partition coefficient (Wildman–Crippen LogP) is 3.80. The third-order valence-electron chi connectivity index (χ3n) is 4.91. The molecule has 1 saturated carbocycles. The van der Waals surface area contributed by atoms with Gasteiger partial charge in [-0.25, -0.2) is 0 Å². The minimum absolute atomic E-state index is 0.444. The zero-order chi connectivity index (χ0) is 17.6. The fourth-order valence-corrected chi connectivity index (χ4v) is 3.60. The molecule has 1 aliphatic heterocycles. The Kier molecular flexibility index (Phi) is 6.93. The van der Waals surface area contributed by atoms with E-state index in [1.165, 1.54) is 25.1 Å². The molecule has 4 heteroatoms. The fourth-order valence-electron chi connectivity index (χ4n) is 3.60. The monoisotopic (exact) mass is 334 g/mol. The van der Waals surface area contributed by atoms with Crippen molar-refractivity contribution in [3.63, 3.8) is 0 Å². The number of piperazine rings is 1. The molecule has 0 unspecified atom stereocenters. The van der Waals surface area contributed by atoms with Gasteiger partial charge >= 0.3 is 0 Å². The number of anilines is 1. The van der Waals surface area contributed by atoms with Crippen LogP contribution in [0.25, 0.3) is 0 Å². The molecule has 2 aliphatic rings. The maximum atomic E-state index is 5.64. The van der Waals surface area contributed by atoms with E-state index in [4.69, 9.17) is 9.47 Å². The van der Waals surface area contributed by atoms with Crippen LogP contribution in [0.15, 0.2) is 24.3 Å². The first-order chi connectivity index (χ1) is 11.6. The van der Waals surface area contributed by atoms with E-state index in [9.17, 15) is 0 Å². The SMILES string of the molecule is CC.COCCOc1ccc(N2CCN(C(C)C)C3(CC3)C2)cc1. The van der Waals surface area contributed by atoms with Crippen molar-refractivity contribution in [2.75, 3.05) is 44.9 Å². The lowest BCUT2D eigenvalue weighted by Gasteiger charge is -2.45. The van der Waals surface area contributed by atoms with E-state index in [1.54, 1.807) is 7.11 Å². The van der Waals surface area contributed by atoms with E-state index in [2.05, 4.69) is 47.9 Å². The molecule has 1 aliphatic carbocycles. The van der Waals surface area contributed by atoms with Gasteiger partial charge in [-0.3, -0.25) is 4.90 Å². The first-order valence-electron chi connectivity index (χ1n) is 9.38. The zero-order valence-corrected chi connectivity index (χ0v) is 16.0. The summed E-state index contributed by atoms with van der Waals surface area (Å²) < 4.78 is 10.6. The summed E-state index contributed by atoms with van der Waals surface area (Å²) in [4.78, 5) is 5.23. The molecule has 0 atom stereocenters. The van der Waals surface area contributed by atoms with Gasteiger partial charge in [0.25, 0.3) is 0 Å². The second-order valence-electron chi connectivity index (χ2n) is 6.77. The Bertz CT molecular complexity index is 483. The maximum Gasteiger partial charge on any atom is 0.119 e. The molecule has 0 radical (unpaired) electrons. The van der Waals surface area contributed by atoms with Gasteiger partial charge in [0.05, 0.1) is 6.61 Å². The van der Waals surface area contributed by atoms with Crippen LogP contribution in [-0.2, 0) is 4.74 Å². The highest BCUT2D eigenvalue weighted by molar-refractivity contribution is 5.50. The lowest BCUT2D eigenvalue weighted by Crippen LogP contribution is -2.57. The molecule has 0 bridgehead atoms. The molecule has 1 aromatic rings. The van der Waals surface area contributed by atoms with Crippen molar-refractivity contribution in [2.24, 2.45) is 0 Å². The van der Waals surface area contributed by atoms with Crippen LogP contribution in [0.2, 0.25) is 0 Å². The molecule has 24 heavy (non-hydrogen) atoms. The summed E-state index contributed by atoms with van der Waals surface area (Å²) in [6.07, 6.45) is 2.69. The number of hydrogen-bond donors (Lipinski definition) is 0. The minimum atomic E-state index is 0.444. The molecular weight excluding hydrogens is 300 g/mol. The maximum absolute atomic E-state index is 5.64. The van der Waals surface area contributed by atoms with E-state index in [0.717, 1.165) is 18.8 Å². The number of nitrogens with zero attached hydrogens (tertiary/aromatic N) is 2. The Balaban J connectivity index is 0.00000100. The number of methoxy groups -OCH3 is 1. The van der Waals surface area contributed by atoms with E-state index in [1.807, 2.05) is 13.8 Å². The molecular formula is C20H34N2O2. The molecule has 1 spiro atoms. The van der Waals surface area contributed by atoms with Crippen LogP contribution in [-0.4, -0.2) is 56.4 Å². The topological polar surface area (TPSA) is 24.9 Å². The highest BCUT2D eigenvalue weighted by atomic mass is 16.5. The van der Waals surface area contributed by atoms with Crippen molar-refractivity contribution in [3.05, 3.63) is 24.3 Å². The highest BCUT2D eigenvalue weighted by Gasteiger charge is 2.51. The van der Waals surface area contributed by atoms with E-state index < -0.39 is 0 Å². The van der Waals surface area contributed by atoms with Crippen LogP contribution in [0, 0.1) is 0 Å². The highest BCUT2D eigenvalue weighted by Crippen LogP contribution is 2.46. The lowest BCUT2D eigenvalue weighted by molar-refractivity contribution is 0.119. The van der Waals surface area contributed by atoms with Gasteiger partial charge in [0, 0.05) is 44.0 Å². The quantitative estimate of drug-likeness (QED) is 0.739. The van der Waals surface area contributed by atoms with Gasteiger partial charge in [-0.05, 0) is 51.0 Å². The predicted molar refractivity (Wildman–Crippen MR) is 101 cm³/mol. The Morgan fingerprint density at radius 3 is 2.25 bits per heavy atom. The van der Waals surface area contributed by atoms with Crippen LogP contribution >= 0.6 is 0 Å². The van der Waals surface area contributed by atoms with Gasteiger partial charge in [-0.15, -0.1) is 0 Å². The third-order valence-corrected chi connectivity index (χ3v) is 4.91. The average molecular weight is 335 g/mol. The van der Waals surface area contributed by atoms with Crippen molar-refractivity contribution in [1.29, 1.82) is 0 Å². The molecule has 4 nitrogen and oxygen atoms in total. The Labute approximate surface area is 147 Å². The number of ether oxygens (including phenoxy) is 2. The van der Waals surface area contributed by atoms with Crippen LogP contribution in [0.1, 0.15) is 40.5 Å².